The smallest absolute Gasteiger partial charge is 0.275 e. The first-order valence-corrected chi connectivity index (χ1v) is 7.83. The monoisotopic (exact) mass is 359 g/mol. The first-order chi connectivity index (χ1) is 10.2. The number of carbonyl (C=O) groups excluding carboxylic acids is 1. The number of para-hydroxylation sites is 1. The number of aromatic nitrogens is 2. The summed E-state index contributed by atoms with van der Waals surface area (Å²) in [6, 6.07) is 11.2. The highest BCUT2D eigenvalue weighted by Gasteiger charge is 2.13. The lowest BCUT2D eigenvalue weighted by atomic mass is 10.3. The Labute approximate surface area is 134 Å². The normalized spacial score (nSPS) is 10.3. The molecule has 0 fully saturated rings. The molecule has 1 N–H and O–H groups in total. The van der Waals surface area contributed by atoms with E-state index in [2.05, 4.69) is 31.2 Å². The number of carbonyl (C=O) groups is 1. The van der Waals surface area contributed by atoms with E-state index in [1.807, 2.05) is 36.4 Å². The van der Waals surface area contributed by atoms with Gasteiger partial charge in [0.05, 0.1) is 5.69 Å². The van der Waals surface area contributed by atoms with E-state index < -0.39 is 0 Å². The molecule has 0 spiro atoms. The molecule has 0 saturated carbocycles. The van der Waals surface area contributed by atoms with Gasteiger partial charge in [-0.25, -0.2) is 4.98 Å². The quantitative estimate of drug-likeness (QED) is 0.761. The molecule has 0 bridgehead atoms. The van der Waals surface area contributed by atoms with Crippen LogP contribution in [0.25, 0.3) is 10.6 Å². The Balaban J connectivity index is 1.80. The van der Waals surface area contributed by atoms with Gasteiger partial charge in [-0.05, 0) is 40.2 Å². The Kier molecular flexibility index (Phi) is 4.08. The number of hydrogen-bond acceptors (Lipinski definition) is 4. The van der Waals surface area contributed by atoms with Gasteiger partial charge in [-0.15, -0.1) is 11.3 Å². The minimum absolute atomic E-state index is 0.228. The van der Waals surface area contributed by atoms with Crippen molar-refractivity contribution >= 4 is 38.9 Å². The molecule has 1 amide bonds. The third-order valence-electron chi connectivity index (χ3n) is 2.77. The molecule has 6 heteroatoms. The summed E-state index contributed by atoms with van der Waals surface area (Å²) < 4.78 is 0.834. The Morgan fingerprint density at radius 2 is 2.05 bits per heavy atom. The second kappa shape index (κ2) is 6.15. The highest BCUT2D eigenvalue weighted by molar-refractivity contribution is 9.10. The number of anilines is 1. The number of halogens is 1. The highest BCUT2D eigenvalue weighted by Crippen LogP contribution is 2.25. The maximum absolute atomic E-state index is 12.2. The summed E-state index contributed by atoms with van der Waals surface area (Å²) in [7, 11) is 0. The topological polar surface area (TPSA) is 54.9 Å². The molecule has 3 aromatic rings. The fourth-order valence-electron chi connectivity index (χ4n) is 1.75. The van der Waals surface area contributed by atoms with Crippen molar-refractivity contribution in [3.05, 3.63) is 64.3 Å². The molecule has 0 saturated heterocycles. The lowest BCUT2D eigenvalue weighted by Gasteiger charge is -2.04. The zero-order chi connectivity index (χ0) is 14.7. The van der Waals surface area contributed by atoms with E-state index in [9.17, 15) is 4.79 Å². The van der Waals surface area contributed by atoms with Crippen molar-refractivity contribution in [2.24, 2.45) is 0 Å². The standard InChI is InChI=1S/C15H10BrN3OS/c16-11-5-1-2-6-12(11)18-14(20)13-9-21-15(19-13)10-4-3-7-17-8-10/h1-9H,(H,18,20). The van der Waals surface area contributed by atoms with Crippen LogP contribution < -0.4 is 5.32 Å². The van der Waals surface area contributed by atoms with Crippen LogP contribution in [0.2, 0.25) is 0 Å². The Hall–Kier alpha value is -2.05. The van der Waals surface area contributed by atoms with E-state index in [0.717, 1.165) is 20.7 Å². The van der Waals surface area contributed by atoms with E-state index in [1.165, 1.54) is 11.3 Å². The minimum Gasteiger partial charge on any atom is -0.320 e. The van der Waals surface area contributed by atoms with E-state index >= 15 is 0 Å². The number of thiazole rings is 1. The molecule has 4 nitrogen and oxygen atoms in total. The first-order valence-electron chi connectivity index (χ1n) is 6.16. The number of hydrogen-bond donors (Lipinski definition) is 1. The summed E-state index contributed by atoms with van der Waals surface area (Å²) in [5.41, 5.74) is 2.02. The maximum Gasteiger partial charge on any atom is 0.275 e. The van der Waals surface area contributed by atoms with E-state index in [1.54, 1.807) is 17.8 Å². The molecule has 0 atom stereocenters. The summed E-state index contributed by atoms with van der Waals surface area (Å²) in [6.45, 7) is 0. The molecule has 2 heterocycles. The Bertz CT molecular complexity index is 773. The fourth-order valence-corrected chi connectivity index (χ4v) is 2.92. The van der Waals surface area contributed by atoms with Crippen LogP contribution in [0.3, 0.4) is 0 Å². The van der Waals surface area contributed by atoms with Crippen LogP contribution in [0.1, 0.15) is 10.5 Å². The molecule has 0 aliphatic carbocycles. The average molecular weight is 360 g/mol. The van der Waals surface area contributed by atoms with Gasteiger partial charge in [0.1, 0.15) is 10.7 Å². The lowest BCUT2D eigenvalue weighted by molar-refractivity contribution is 0.102. The van der Waals surface area contributed by atoms with Crippen LogP contribution in [-0.4, -0.2) is 15.9 Å². The third-order valence-corrected chi connectivity index (χ3v) is 4.35. The molecule has 0 radical (unpaired) electrons. The van der Waals surface area contributed by atoms with Crippen molar-refractivity contribution in [1.29, 1.82) is 0 Å². The third kappa shape index (κ3) is 3.17. The average Bonchev–Trinajstić information content (AvgIpc) is 3.00. The van der Waals surface area contributed by atoms with Crippen molar-refractivity contribution in [2.75, 3.05) is 5.32 Å². The van der Waals surface area contributed by atoms with Crippen LogP contribution in [0, 0.1) is 0 Å². The molecule has 0 unspecified atom stereocenters. The molecule has 104 valence electrons. The van der Waals surface area contributed by atoms with E-state index in [-0.39, 0.29) is 5.91 Å². The molecule has 3 rings (SSSR count). The van der Waals surface area contributed by atoms with Crippen molar-refractivity contribution < 1.29 is 4.79 Å². The SMILES string of the molecule is O=C(Nc1ccccc1Br)c1csc(-c2cccnc2)n1. The van der Waals surface area contributed by atoms with Gasteiger partial charge in [-0.1, -0.05) is 12.1 Å². The van der Waals surface area contributed by atoms with E-state index in [0.29, 0.717) is 5.69 Å². The van der Waals surface area contributed by atoms with Gasteiger partial charge in [0.2, 0.25) is 0 Å². The number of pyridine rings is 1. The Morgan fingerprint density at radius 1 is 1.19 bits per heavy atom. The molecule has 0 aliphatic rings. The van der Waals surface area contributed by atoms with Crippen molar-refractivity contribution in [3.63, 3.8) is 0 Å². The summed E-state index contributed by atoms with van der Waals surface area (Å²) in [5, 5.41) is 5.36. The number of benzene rings is 1. The van der Waals surface area contributed by atoms with Crippen LogP contribution in [0.5, 0.6) is 0 Å². The first kappa shape index (κ1) is 13.9. The summed E-state index contributed by atoms with van der Waals surface area (Å²) in [4.78, 5) is 20.6. The van der Waals surface area contributed by atoms with Gasteiger partial charge >= 0.3 is 0 Å². The number of rotatable bonds is 3. The number of nitrogens with one attached hydrogen (secondary N) is 1. The number of nitrogens with zero attached hydrogens (tertiary/aromatic N) is 2. The fraction of sp³-hybridized carbons (Fsp3) is 0. The highest BCUT2D eigenvalue weighted by atomic mass is 79.9. The predicted molar refractivity (Wildman–Crippen MR) is 87.4 cm³/mol. The minimum atomic E-state index is -0.228. The molecular formula is C15H10BrN3OS. The lowest BCUT2D eigenvalue weighted by Crippen LogP contribution is -2.12. The molecular weight excluding hydrogens is 350 g/mol. The zero-order valence-corrected chi connectivity index (χ0v) is 13.2. The molecule has 0 aliphatic heterocycles. The van der Waals surface area contributed by atoms with Crippen LogP contribution in [0.15, 0.2) is 58.6 Å². The van der Waals surface area contributed by atoms with Gasteiger partial charge in [-0.2, -0.15) is 0 Å². The van der Waals surface area contributed by atoms with Crippen molar-refractivity contribution in [3.8, 4) is 10.6 Å². The predicted octanol–water partition coefficient (Wildman–Crippen LogP) is 4.22. The number of amides is 1. The van der Waals surface area contributed by atoms with Gasteiger partial charge in [0.25, 0.3) is 5.91 Å². The van der Waals surface area contributed by atoms with Crippen LogP contribution in [-0.2, 0) is 0 Å². The van der Waals surface area contributed by atoms with Gasteiger partial charge < -0.3 is 5.32 Å². The van der Waals surface area contributed by atoms with Crippen LogP contribution >= 0.6 is 27.3 Å². The summed E-state index contributed by atoms with van der Waals surface area (Å²) >= 11 is 4.82. The second-order valence-corrected chi connectivity index (χ2v) is 5.93. The van der Waals surface area contributed by atoms with Gasteiger partial charge in [0.15, 0.2) is 0 Å². The largest absolute Gasteiger partial charge is 0.320 e. The zero-order valence-electron chi connectivity index (χ0n) is 10.8. The van der Waals surface area contributed by atoms with Gasteiger partial charge in [0, 0.05) is 27.8 Å². The molecule has 1 aromatic carbocycles. The van der Waals surface area contributed by atoms with Crippen molar-refractivity contribution in [2.45, 2.75) is 0 Å². The maximum atomic E-state index is 12.2. The second-order valence-electron chi connectivity index (χ2n) is 4.21. The van der Waals surface area contributed by atoms with Crippen LogP contribution in [0.4, 0.5) is 5.69 Å². The van der Waals surface area contributed by atoms with Gasteiger partial charge in [-0.3, -0.25) is 9.78 Å². The van der Waals surface area contributed by atoms with Crippen molar-refractivity contribution in [1.82, 2.24) is 9.97 Å². The Morgan fingerprint density at radius 3 is 2.81 bits per heavy atom. The van der Waals surface area contributed by atoms with E-state index in [4.69, 9.17) is 0 Å². The molecule has 21 heavy (non-hydrogen) atoms. The summed E-state index contributed by atoms with van der Waals surface area (Å²) in [6.07, 6.45) is 3.44. The summed E-state index contributed by atoms with van der Waals surface area (Å²) in [5.74, 6) is -0.228. The molecule has 2 aromatic heterocycles.